The number of anilines is 1. The van der Waals surface area contributed by atoms with Crippen LogP contribution in [0, 0.1) is 0 Å². The van der Waals surface area contributed by atoms with E-state index < -0.39 is 0 Å². The van der Waals surface area contributed by atoms with Gasteiger partial charge in [-0.3, -0.25) is 10.1 Å². The highest BCUT2D eigenvalue weighted by atomic mass is 35.5. The van der Waals surface area contributed by atoms with Crippen LogP contribution in [-0.4, -0.2) is 11.9 Å². The molecule has 110 valence electrons. The third-order valence-corrected chi connectivity index (χ3v) is 3.55. The second-order valence-corrected chi connectivity index (χ2v) is 5.44. The molecule has 0 atom stereocenters. The third-order valence-electron chi connectivity index (χ3n) is 2.99. The molecular weight excluding hydrogens is 321 g/mol. The molecule has 0 saturated carbocycles. The van der Waals surface area contributed by atoms with Gasteiger partial charge in [-0.05, 0) is 35.9 Å². The monoisotopic (exact) mass is 331 g/mol. The zero-order valence-electron chi connectivity index (χ0n) is 11.3. The second kappa shape index (κ2) is 6.22. The van der Waals surface area contributed by atoms with Gasteiger partial charge in [0.05, 0.1) is 0 Å². The smallest absolute Gasteiger partial charge is 0.276 e. The third kappa shape index (κ3) is 3.30. The Morgan fingerprint density at radius 1 is 1.09 bits per heavy atom. The molecule has 4 nitrogen and oxygen atoms in total. The number of benzene rings is 2. The van der Waals surface area contributed by atoms with Crippen molar-refractivity contribution in [2.45, 2.75) is 0 Å². The van der Waals surface area contributed by atoms with E-state index in [0.29, 0.717) is 21.6 Å². The van der Waals surface area contributed by atoms with Crippen molar-refractivity contribution >= 4 is 46.8 Å². The number of hydrogen-bond donors (Lipinski definition) is 2. The highest BCUT2D eigenvalue weighted by Gasteiger charge is 2.20. The van der Waals surface area contributed by atoms with Gasteiger partial charge in [0.2, 0.25) is 5.96 Å². The molecule has 3 rings (SSSR count). The Kier molecular flexibility index (Phi) is 4.13. The minimum Gasteiger partial charge on any atom is -0.326 e. The molecule has 2 aromatic rings. The van der Waals surface area contributed by atoms with Gasteiger partial charge >= 0.3 is 0 Å². The zero-order valence-corrected chi connectivity index (χ0v) is 12.8. The van der Waals surface area contributed by atoms with Gasteiger partial charge in [0.15, 0.2) is 0 Å². The van der Waals surface area contributed by atoms with Gasteiger partial charge in [-0.15, -0.1) is 0 Å². The van der Waals surface area contributed by atoms with Crippen molar-refractivity contribution < 1.29 is 4.79 Å². The van der Waals surface area contributed by atoms with Crippen molar-refractivity contribution in [3.63, 3.8) is 0 Å². The molecule has 0 radical (unpaired) electrons. The molecule has 6 heteroatoms. The molecule has 0 aliphatic carbocycles. The molecule has 2 N–H and O–H groups in total. The van der Waals surface area contributed by atoms with E-state index in [0.717, 1.165) is 5.69 Å². The molecule has 22 heavy (non-hydrogen) atoms. The predicted molar refractivity (Wildman–Crippen MR) is 90.1 cm³/mol. The molecule has 1 amide bonds. The van der Waals surface area contributed by atoms with Crippen LogP contribution < -0.4 is 10.6 Å². The number of aliphatic imine (C=N–C) groups is 1. The summed E-state index contributed by atoms with van der Waals surface area (Å²) in [5, 5.41) is 6.70. The van der Waals surface area contributed by atoms with Crippen LogP contribution in [0.15, 0.2) is 59.2 Å². The predicted octanol–water partition coefficient (Wildman–Crippen LogP) is 3.93. The van der Waals surface area contributed by atoms with Gasteiger partial charge < -0.3 is 5.32 Å². The lowest BCUT2D eigenvalue weighted by Crippen LogP contribution is -2.29. The average Bonchev–Trinajstić information content (AvgIpc) is 2.83. The number of nitrogens with zero attached hydrogens (tertiary/aromatic N) is 1. The van der Waals surface area contributed by atoms with E-state index in [9.17, 15) is 4.79 Å². The van der Waals surface area contributed by atoms with Crippen molar-refractivity contribution in [3.05, 3.63) is 69.8 Å². The number of carbonyl (C=O) groups is 1. The van der Waals surface area contributed by atoms with Gasteiger partial charge in [-0.1, -0.05) is 47.5 Å². The highest BCUT2D eigenvalue weighted by Crippen LogP contribution is 2.24. The first-order valence-electron chi connectivity index (χ1n) is 6.51. The standard InChI is InChI=1S/C16H11Cl2N3O/c17-11-7-6-10(13(18)9-11)8-14-15(22)21-16(20-14)19-12-4-2-1-3-5-12/h1-9H,(H2,19,20,21,22)/b14-8-. The Hall–Kier alpha value is -2.30. The summed E-state index contributed by atoms with van der Waals surface area (Å²) >= 11 is 12.0. The topological polar surface area (TPSA) is 53.5 Å². The lowest BCUT2D eigenvalue weighted by molar-refractivity contribution is -0.115. The fraction of sp³-hybridized carbons (Fsp3) is 0. The highest BCUT2D eigenvalue weighted by molar-refractivity contribution is 6.35. The Balaban J connectivity index is 1.85. The van der Waals surface area contributed by atoms with E-state index in [1.165, 1.54) is 0 Å². The molecule has 2 aromatic carbocycles. The summed E-state index contributed by atoms with van der Waals surface area (Å²) in [4.78, 5) is 16.2. The Morgan fingerprint density at radius 2 is 1.86 bits per heavy atom. The maximum atomic E-state index is 12.0. The second-order valence-electron chi connectivity index (χ2n) is 4.60. The lowest BCUT2D eigenvalue weighted by Gasteiger charge is -2.03. The summed E-state index contributed by atoms with van der Waals surface area (Å²) in [6.07, 6.45) is 1.62. The Labute approximate surface area is 137 Å². The number of carbonyl (C=O) groups excluding carboxylic acids is 1. The van der Waals surface area contributed by atoms with Gasteiger partial charge in [0, 0.05) is 15.7 Å². The van der Waals surface area contributed by atoms with E-state index in [1.807, 2.05) is 30.3 Å². The number of hydrogen-bond acceptors (Lipinski definition) is 3. The molecule has 0 unspecified atom stereocenters. The largest absolute Gasteiger partial charge is 0.326 e. The molecule has 0 fully saturated rings. The molecule has 0 spiro atoms. The van der Waals surface area contributed by atoms with Crippen LogP contribution >= 0.6 is 23.2 Å². The molecule has 1 aliphatic rings. The first-order valence-corrected chi connectivity index (χ1v) is 7.26. The summed E-state index contributed by atoms with van der Waals surface area (Å²) in [7, 11) is 0. The number of nitrogens with one attached hydrogen (secondary N) is 2. The van der Waals surface area contributed by atoms with Crippen LogP contribution in [0.3, 0.4) is 0 Å². The number of para-hydroxylation sites is 1. The van der Waals surface area contributed by atoms with E-state index >= 15 is 0 Å². The van der Waals surface area contributed by atoms with Crippen molar-refractivity contribution in [3.8, 4) is 0 Å². The van der Waals surface area contributed by atoms with E-state index in [2.05, 4.69) is 15.6 Å². The molecular formula is C16H11Cl2N3O. The van der Waals surface area contributed by atoms with Gasteiger partial charge in [0.1, 0.15) is 5.70 Å². The van der Waals surface area contributed by atoms with Crippen LogP contribution in [0.2, 0.25) is 10.0 Å². The van der Waals surface area contributed by atoms with Gasteiger partial charge in [-0.2, -0.15) is 0 Å². The van der Waals surface area contributed by atoms with Crippen LogP contribution in [-0.2, 0) is 4.79 Å². The summed E-state index contributed by atoms with van der Waals surface area (Å²) in [6, 6.07) is 14.5. The number of guanidine groups is 1. The maximum Gasteiger partial charge on any atom is 0.276 e. The van der Waals surface area contributed by atoms with Crippen molar-refractivity contribution in [2.75, 3.05) is 5.32 Å². The summed E-state index contributed by atoms with van der Waals surface area (Å²) in [5.74, 6) is 0.0944. The van der Waals surface area contributed by atoms with Crippen molar-refractivity contribution in [1.82, 2.24) is 5.32 Å². The Morgan fingerprint density at radius 3 is 2.59 bits per heavy atom. The van der Waals surface area contributed by atoms with Crippen LogP contribution in [0.1, 0.15) is 5.56 Å². The van der Waals surface area contributed by atoms with Gasteiger partial charge in [-0.25, -0.2) is 4.99 Å². The summed E-state index contributed by atoms with van der Waals surface area (Å²) in [5.41, 5.74) is 1.80. The first-order chi connectivity index (χ1) is 10.6. The average molecular weight is 332 g/mol. The van der Waals surface area contributed by atoms with E-state index in [1.54, 1.807) is 24.3 Å². The SMILES string of the molecule is O=C1NC(Nc2ccccc2)=N/C1=C\c1ccc(Cl)cc1Cl. The van der Waals surface area contributed by atoms with E-state index in [-0.39, 0.29) is 11.6 Å². The van der Waals surface area contributed by atoms with Crippen LogP contribution in [0.4, 0.5) is 5.69 Å². The normalized spacial score (nSPS) is 15.6. The van der Waals surface area contributed by atoms with Crippen LogP contribution in [0.5, 0.6) is 0 Å². The van der Waals surface area contributed by atoms with Crippen molar-refractivity contribution in [2.24, 2.45) is 4.99 Å². The first kappa shape index (κ1) is 14.6. The van der Waals surface area contributed by atoms with Gasteiger partial charge in [0.25, 0.3) is 5.91 Å². The fourth-order valence-corrected chi connectivity index (χ4v) is 2.41. The van der Waals surface area contributed by atoms with Crippen LogP contribution in [0.25, 0.3) is 6.08 Å². The maximum absolute atomic E-state index is 12.0. The quantitative estimate of drug-likeness (QED) is 0.819. The molecule has 0 aromatic heterocycles. The lowest BCUT2D eigenvalue weighted by atomic mass is 10.2. The number of halogens is 2. The minimum atomic E-state index is -0.288. The molecule has 1 heterocycles. The zero-order chi connectivity index (χ0) is 15.5. The van der Waals surface area contributed by atoms with E-state index in [4.69, 9.17) is 23.2 Å². The number of rotatable bonds is 2. The number of amides is 1. The Bertz CT molecular complexity index is 785. The van der Waals surface area contributed by atoms with Crippen molar-refractivity contribution in [1.29, 1.82) is 0 Å². The molecule has 0 bridgehead atoms. The molecule has 0 saturated heterocycles. The molecule has 1 aliphatic heterocycles. The fourth-order valence-electron chi connectivity index (χ4n) is 1.95. The minimum absolute atomic E-state index is 0.280. The summed E-state index contributed by atoms with van der Waals surface area (Å²) < 4.78 is 0. The summed E-state index contributed by atoms with van der Waals surface area (Å²) in [6.45, 7) is 0.